The van der Waals surface area contributed by atoms with Crippen LogP contribution in [0.5, 0.6) is 5.75 Å². The number of ether oxygens (including phenoxy) is 1. The van der Waals surface area contributed by atoms with E-state index in [2.05, 4.69) is 37.4 Å². The molecule has 0 aliphatic carbocycles. The van der Waals surface area contributed by atoms with E-state index in [0.717, 1.165) is 17.9 Å². The van der Waals surface area contributed by atoms with Gasteiger partial charge in [0.15, 0.2) is 0 Å². The van der Waals surface area contributed by atoms with Crippen molar-refractivity contribution in [1.82, 2.24) is 5.32 Å². The first kappa shape index (κ1) is 18.9. The lowest BCUT2D eigenvalue weighted by atomic mass is 10.1. The number of carbonyl (C=O) groups is 1. The van der Waals surface area contributed by atoms with Crippen LogP contribution in [0.25, 0.3) is 0 Å². The van der Waals surface area contributed by atoms with Gasteiger partial charge >= 0.3 is 0 Å². The summed E-state index contributed by atoms with van der Waals surface area (Å²) in [6, 6.07) is 6.25. The Morgan fingerprint density at radius 3 is 2.36 bits per heavy atom. The van der Waals surface area contributed by atoms with Gasteiger partial charge in [-0.25, -0.2) is 0 Å². The Bertz CT molecular complexity index is 474. The first-order valence-electron chi connectivity index (χ1n) is 7.82. The number of nitrogens with one attached hydrogen (secondary N) is 1. The van der Waals surface area contributed by atoms with Crippen molar-refractivity contribution in [3.05, 3.63) is 29.3 Å². The van der Waals surface area contributed by atoms with Gasteiger partial charge < -0.3 is 10.1 Å². The normalized spacial score (nSPS) is 12.8. The molecule has 4 heteroatoms. The van der Waals surface area contributed by atoms with Crippen LogP contribution in [0, 0.1) is 13.8 Å². The molecule has 0 saturated carbocycles. The van der Waals surface area contributed by atoms with Crippen LogP contribution in [0.2, 0.25) is 0 Å². The number of benzene rings is 1. The summed E-state index contributed by atoms with van der Waals surface area (Å²) in [5.41, 5.74) is 2.27. The number of amides is 1. The molecule has 1 aromatic rings. The summed E-state index contributed by atoms with van der Waals surface area (Å²) in [6.45, 7) is 12.8. The van der Waals surface area contributed by atoms with E-state index >= 15 is 0 Å². The molecule has 0 heterocycles. The largest absolute Gasteiger partial charge is 0.494 e. The highest BCUT2D eigenvalue weighted by molar-refractivity contribution is 8.00. The molecule has 124 valence electrons. The number of aryl methyl sites for hydroxylation is 2. The average Bonchev–Trinajstić information content (AvgIpc) is 2.34. The molecule has 0 aliphatic rings. The monoisotopic (exact) mass is 323 g/mol. The van der Waals surface area contributed by atoms with Gasteiger partial charge in [-0.05, 0) is 77.0 Å². The van der Waals surface area contributed by atoms with E-state index in [-0.39, 0.29) is 16.7 Å². The van der Waals surface area contributed by atoms with Gasteiger partial charge in [0.1, 0.15) is 5.75 Å². The van der Waals surface area contributed by atoms with Crippen LogP contribution in [-0.4, -0.2) is 29.1 Å². The molecular weight excluding hydrogens is 294 g/mol. The summed E-state index contributed by atoms with van der Waals surface area (Å²) in [6.07, 6.45) is 0.935. The summed E-state index contributed by atoms with van der Waals surface area (Å²) in [7, 11) is 0. The minimum atomic E-state index is -0.169. The quantitative estimate of drug-likeness (QED) is 0.768. The van der Waals surface area contributed by atoms with Gasteiger partial charge in [0, 0.05) is 5.54 Å². The van der Waals surface area contributed by atoms with Crippen LogP contribution in [0.3, 0.4) is 0 Å². The molecule has 0 radical (unpaired) electrons. The van der Waals surface area contributed by atoms with E-state index in [4.69, 9.17) is 4.74 Å². The van der Waals surface area contributed by atoms with Gasteiger partial charge in [-0.3, -0.25) is 4.79 Å². The van der Waals surface area contributed by atoms with Crippen molar-refractivity contribution in [2.45, 2.75) is 58.8 Å². The summed E-state index contributed by atoms with van der Waals surface area (Å²) in [5.74, 6) is 1.96. The zero-order valence-corrected chi connectivity index (χ0v) is 15.5. The van der Waals surface area contributed by atoms with Crippen LogP contribution in [-0.2, 0) is 4.79 Å². The first-order chi connectivity index (χ1) is 10.2. The maximum atomic E-state index is 12.0. The third-order valence-corrected chi connectivity index (χ3v) is 4.23. The van der Waals surface area contributed by atoms with Gasteiger partial charge in [0.2, 0.25) is 5.91 Å². The van der Waals surface area contributed by atoms with Crippen LogP contribution >= 0.6 is 11.8 Å². The Labute approximate surface area is 139 Å². The van der Waals surface area contributed by atoms with E-state index < -0.39 is 0 Å². The lowest BCUT2D eigenvalue weighted by Gasteiger charge is -2.23. The Hall–Kier alpha value is -1.16. The maximum absolute atomic E-state index is 12.0. The van der Waals surface area contributed by atoms with Crippen LogP contribution in [0.4, 0.5) is 0 Å². The number of rotatable bonds is 7. The average molecular weight is 324 g/mol. The van der Waals surface area contributed by atoms with Crippen molar-refractivity contribution < 1.29 is 9.53 Å². The highest BCUT2D eigenvalue weighted by atomic mass is 32.2. The third-order valence-electron chi connectivity index (χ3n) is 2.99. The van der Waals surface area contributed by atoms with E-state index in [1.807, 2.05) is 27.7 Å². The molecule has 0 aliphatic heterocycles. The van der Waals surface area contributed by atoms with E-state index in [0.29, 0.717) is 6.61 Å². The number of hydrogen-bond donors (Lipinski definition) is 1. The number of carbonyl (C=O) groups excluding carboxylic acids is 1. The molecule has 1 aromatic carbocycles. The van der Waals surface area contributed by atoms with Crippen molar-refractivity contribution in [2.24, 2.45) is 0 Å². The molecule has 22 heavy (non-hydrogen) atoms. The second-order valence-electron chi connectivity index (χ2n) is 6.78. The molecule has 0 saturated heterocycles. The molecule has 1 unspecified atom stereocenters. The predicted molar refractivity (Wildman–Crippen MR) is 95.8 cm³/mol. The fourth-order valence-electron chi connectivity index (χ4n) is 2.07. The second kappa shape index (κ2) is 8.47. The molecular formula is C18H29NO2S. The summed E-state index contributed by atoms with van der Waals surface area (Å²) >= 11 is 1.67. The molecule has 1 rings (SSSR count). The number of thioether (sulfide) groups is 1. The molecule has 0 spiro atoms. The summed E-state index contributed by atoms with van der Waals surface area (Å²) < 4.78 is 5.78. The predicted octanol–water partition coefficient (Wildman–Crippen LogP) is 4.11. The van der Waals surface area contributed by atoms with E-state index in [1.54, 1.807) is 11.8 Å². The van der Waals surface area contributed by atoms with Crippen LogP contribution < -0.4 is 10.1 Å². The third kappa shape index (κ3) is 7.74. The SMILES string of the molecule is Cc1cc(C)cc(OCCCSC(C)C(=O)NC(C)(C)C)c1. The van der Waals surface area contributed by atoms with Crippen LogP contribution in [0.1, 0.15) is 45.2 Å². The van der Waals surface area contributed by atoms with Crippen molar-refractivity contribution in [1.29, 1.82) is 0 Å². The minimum Gasteiger partial charge on any atom is -0.494 e. The van der Waals surface area contributed by atoms with Crippen molar-refractivity contribution in [3.8, 4) is 5.75 Å². The zero-order valence-electron chi connectivity index (χ0n) is 14.7. The van der Waals surface area contributed by atoms with Crippen molar-refractivity contribution >= 4 is 17.7 Å². The molecule has 1 N–H and O–H groups in total. The van der Waals surface area contributed by atoms with E-state index in [1.165, 1.54) is 11.1 Å². The lowest BCUT2D eigenvalue weighted by Crippen LogP contribution is -2.44. The highest BCUT2D eigenvalue weighted by Crippen LogP contribution is 2.17. The standard InChI is InChI=1S/C18H29NO2S/c1-13-10-14(2)12-16(11-13)21-8-7-9-22-15(3)17(20)19-18(4,5)6/h10-12,15H,7-9H2,1-6H3,(H,19,20). The molecule has 1 atom stereocenters. The van der Waals surface area contributed by atoms with Gasteiger partial charge in [-0.15, -0.1) is 11.8 Å². The van der Waals surface area contributed by atoms with E-state index in [9.17, 15) is 4.79 Å². The molecule has 1 amide bonds. The van der Waals surface area contributed by atoms with Gasteiger partial charge in [-0.1, -0.05) is 6.07 Å². The zero-order chi connectivity index (χ0) is 16.8. The molecule has 0 bridgehead atoms. The van der Waals surface area contributed by atoms with Crippen molar-refractivity contribution in [3.63, 3.8) is 0 Å². The highest BCUT2D eigenvalue weighted by Gasteiger charge is 2.19. The Balaban J connectivity index is 2.23. The summed E-state index contributed by atoms with van der Waals surface area (Å²) in [5, 5.41) is 2.98. The molecule has 0 aromatic heterocycles. The molecule has 0 fully saturated rings. The fourth-order valence-corrected chi connectivity index (χ4v) is 2.92. The summed E-state index contributed by atoms with van der Waals surface area (Å²) in [4.78, 5) is 12.0. The van der Waals surface area contributed by atoms with Crippen molar-refractivity contribution in [2.75, 3.05) is 12.4 Å². The topological polar surface area (TPSA) is 38.3 Å². The van der Waals surface area contributed by atoms with Gasteiger partial charge in [0.25, 0.3) is 0 Å². The number of hydrogen-bond acceptors (Lipinski definition) is 3. The smallest absolute Gasteiger partial charge is 0.233 e. The minimum absolute atomic E-state index is 0.0274. The Morgan fingerprint density at radius 1 is 1.23 bits per heavy atom. The lowest BCUT2D eigenvalue weighted by molar-refractivity contribution is -0.121. The van der Waals surface area contributed by atoms with Gasteiger partial charge in [-0.2, -0.15) is 0 Å². The fraction of sp³-hybridized carbons (Fsp3) is 0.611. The Morgan fingerprint density at radius 2 is 1.82 bits per heavy atom. The Kier molecular flexibility index (Phi) is 7.27. The molecule has 3 nitrogen and oxygen atoms in total. The van der Waals surface area contributed by atoms with Crippen LogP contribution in [0.15, 0.2) is 18.2 Å². The van der Waals surface area contributed by atoms with Gasteiger partial charge in [0.05, 0.1) is 11.9 Å². The first-order valence-corrected chi connectivity index (χ1v) is 8.87. The maximum Gasteiger partial charge on any atom is 0.233 e. The second-order valence-corrected chi connectivity index (χ2v) is 8.23.